The summed E-state index contributed by atoms with van der Waals surface area (Å²) in [6, 6.07) is 3.03. The Kier molecular flexibility index (Phi) is 3.50. The lowest BCUT2D eigenvalue weighted by Crippen LogP contribution is -2.49. The Bertz CT molecular complexity index is 477. The second-order valence-corrected chi connectivity index (χ2v) is 5.32. The smallest absolute Gasteiger partial charge is 0.274 e. The van der Waals surface area contributed by atoms with E-state index in [1.54, 1.807) is 0 Å². The number of hydrogen-bond acceptors (Lipinski definition) is 3. The van der Waals surface area contributed by atoms with Crippen LogP contribution in [-0.4, -0.2) is 33.6 Å². The van der Waals surface area contributed by atoms with Crippen molar-refractivity contribution < 1.29 is 4.79 Å². The number of H-pyrrole nitrogens is 1. The molecule has 0 aromatic carbocycles. The molecule has 1 saturated heterocycles. The van der Waals surface area contributed by atoms with E-state index in [0.717, 1.165) is 13.0 Å². The molecule has 1 fully saturated rings. The molecule has 1 amide bonds. The Balaban J connectivity index is 2.22. The van der Waals surface area contributed by atoms with E-state index in [1.807, 2.05) is 4.90 Å². The van der Waals surface area contributed by atoms with Crippen LogP contribution in [0.5, 0.6) is 0 Å². The largest absolute Gasteiger partial charge is 0.334 e. The minimum absolute atomic E-state index is 0.0999. The maximum absolute atomic E-state index is 12.4. The summed E-state index contributed by atoms with van der Waals surface area (Å²) in [4.78, 5) is 25.2. The summed E-state index contributed by atoms with van der Waals surface area (Å²) < 4.78 is 0. The van der Waals surface area contributed by atoms with Gasteiger partial charge in [-0.3, -0.25) is 9.59 Å². The number of aromatic amines is 1. The van der Waals surface area contributed by atoms with Gasteiger partial charge in [-0.05, 0) is 31.2 Å². The molecule has 0 radical (unpaired) electrons. The van der Waals surface area contributed by atoms with Gasteiger partial charge < -0.3 is 4.90 Å². The Morgan fingerprint density at radius 3 is 2.72 bits per heavy atom. The molecule has 0 spiro atoms. The fourth-order valence-corrected chi connectivity index (χ4v) is 2.59. The minimum atomic E-state index is -0.292. The highest BCUT2D eigenvalue weighted by Crippen LogP contribution is 2.27. The summed E-state index contributed by atoms with van der Waals surface area (Å²) >= 11 is 0. The summed E-state index contributed by atoms with van der Waals surface area (Å²) in [5.74, 6) is 0.889. The van der Waals surface area contributed by atoms with Crippen LogP contribution < -0.4 is 5.56 Å². The number of carbonyl (C=O) groups is 1. The number of nitrogens with zero attached hydrogens (tertiary/aromatic N) is 2. The van der Waals surface area contributed by atoms with Crippen LogP contribution in [0.3, 0.4) is 0 Å². The second kappa shape index (κ2) is 4.92. The highest BCUT2D eigenvalue weighted by Gasteiger charge is 2.32. The first-order chi connectivity index (χ1) is 8.49. The first-order valence-corrected chi connectivity index (χ1v) is 6.35. The number of nitrogens with one attached hydrogen (secondary N) is 1. The molecule has 18 heavy (non-hydrogen) atoms. The van der Waals surface area contributed by atoms with Gasteiger partial charge >= 0.3 is 0 Å². The van der Waals surface area contributed by atoms with Gasteiger partial charge in [0, 0.05) is 18.7 Å². The standard InChI is InChI=1S/C13H19N3O2/c1-8-6-9(2)10(3)16(7-8)13(18)11-4-5-12(17)15-14-11/h4-5,8-10H,6-7H2,1-3H3,(H,15,17). The zero-order chi connectivity index (χ0) is 13.3. The van der Waals surface area contributed by atoms with Crippen molar-refractivity contribution in [2.24, 2.45) is 11.8 Å². The van der Waals surface area contributed by atoms with Crippen LogP contribution in [0.4, 0.5) is 0 Å². The fraction of sp³-hybridized carbons (Fsp3) is 0.615. The summed E-state index contributed by atoms with van der Waals surface area (Å²) in [6.07, 6.45) is 1.14. The van der Waals surface area contributed by atoms with Gasteiger partial charge in [0.05, 0.1) is 0 Å². The number of amides is 1. The zero-order valence-electron chi connectivity index (χ0n) is 11.0. The van der Waals surface area contributed by atoms with Crippen LogP contribution in [0.25, 0.3) is 0 Å². The summed E-state index contributed by atoms with van der Waals surface area (Å²) in [5, 5.41) is 6.11. The van der Waals surface area contributed by atoms with Crippen LogP contribution in [-0.2, 0) is 0 Å². The Hall–Kier alpha value is -1.65. The molecule has 3 unspecified atom stereocenters. The minimum Gasteiger partial charge on any atom is -0.334 e. The predicted octanol–water partition coefficient (Wildman–Crippen LogP) is 1.28. The molecule has 2 heterocycles. The Morgan fingerprint density at radius 2 is 2.11 bits per heavy atom. The molecule has 2 rings (SSSR count). The molecular weight excluding hydrogens is 230 g/mol. The summed E-state index contributed by atoms with van der Waals surface area (Å²) in [7, 11) is 0. The van der Waals surface area contributed by atoms with Gasteiger partial charge in [0.2, 0.25) is 0 Å². The van der Waals surface area contributed by atoms with Crippen LogP contribution in [0.1, 0.15) is 37.7 Å². The van der Waals surface area contributed by atoms with Crippen LogP contribution in [0.2, 0.25) is 0 Å². The third kappa shape index (κ3) is 2.44. The van der Waals surface area contributed by atoms with Gasteiger partial charge in [-0.15, -0.1) is 0 Å². The maximum atomic E-state index is 12.4. The molecule has 3 atom stereocenters. The van der Waals surface area contributed by atoms with E-state index in [0.29, 0.717) is 17.5 Å². The van der Waals surface area contributed by atoms with E-state index in [9.17, 15) is 9.59 Å². The van der Waals surface area contributed by atoms with Crippen molar-refractivity contribution in [1.82, 2.24) is 15.1 Å². The fourth-order valence-electron chi connectivity index (χ4n) is 2.59. The molecule has 0 saturated carbocycles. The lowest BCUT2D eigenvalue weighted by atomic mass is 9.86. The molecule has 1 aromatic rings. The van der Waals surface area contributed by atoms with Crippen molar-refractivity contribution in [2.75, 3.05) is 6.54 Å². The van der Waals surface area contributed by atoms with Gasteiger partial charge in [-0.2, -0.15) is 5.10 Å². The summed E-state index contributed by atoms with van der Waals surface area (Å²) in [6.45, 7) is 7.15. The zero-order valence-corrected chi connectivity index (χ0v) is 11.0. The van der Waals surface area contributed by atoms with E-state index in [4.69, 9.17) is 0 Å². The molecule has 5 heteroatoms. The third-order valence-electron chi connectivity index (χ3n) is 3.76. The van der Waals surface area contributed by atoms with Gasteiger partial charge in [0.1, 0.15) is 5.69 Å². The lowest BCUT2D eigenvalue weighted by Gasteiger charge is -2.40. The maximum Gasteiger partial charge on any atom is 0.274 e. The van der Waals surface area contributed by atoms with Crippen LogP contribution in [0, 0.1) is 11.8 Å². The predicted molar refractivity (Wildman–Crippen MR) is 68.3 cm³/mol. The van der Waals surface area contributed by atoms with Crippen LogP contribution >= 0.6 is 0 Å². The number of carbonyl (C=O) groups excluding carboxylic acids is 1. The van der Waals surface area contributed by atoms with Crippen LogP contribution in [0.15, 0.2) is 16.9 Å². The SMILES string of the molecule is CC1CC(C)C(C)N(C(=O)c2ccc(=O)[nH]n2)C1. The van der Waals surface area contributed by atoms with Gasteiger partial charge in [0.15, 0.2) is 0 Å². The number of rotatable bonds is 1. The molecule has 0 aliphatic carbocycles. The average Bonchev–Trinajstić information content (AvgIpc) is 2.34. The molecule has 1 aromatic heterocycles. The monoisotopic (exact) mass is 249 g/mol. The van der Waals surface area contributed by atoms with E-state index in [2.05, 4.69) is 31.0 Å². The van der Waals surface area contributed by atoms with E-state index >= 15 is 0 Å². The molecule has 0 bridgehead atoms. The topological polar surface area (TPSA) is 66.1 Å². The van der Waals surface area contributed by atoms with Crippen molar-refractivity contribution in [3.63, 3.8) is 0 Å². The molecule has 98 valence electrons. The van der Waals surface area contributed by atoms with Gasteiger partial charge in [-0.25, -0.2) is 5.10 Å². The highest BCUT2D eigenvalue weighted by atomic mass is 16.2. The molecular formula is C13H19N3O2. The van der Waals surface area contributed by atoms with Gasteiger partial charge in [-0.1, -0.05) is 13.8 Å². The van der Waals surface area contributed by atoms with E-state index in [-0.39, 0.29) is 17.5 Å². The van der Waals surface area contributed by atoms with Crippen molar-refractivity contribution in [3.05, 3.63) is 28.2 Å². The highest BCUT2D eigenvalue weighted by molar-refractivity contribution is 5.92. The normalized spacial score (nSPS) is 28.2. The van der Waals surface area contributed by atoms with Gasteiger partial charge in [0.25, 0.3) is 11.5 Å². The molecule has 5 nitrogen and oxygen atoms in total. The molecule has 1 N–H and O–H groups in total. The van der Waals surface area contributed by atoms with Crippen molar-refractivity contribution in [2.45, 2.75) is 33.2 Å². The molecule has 1 aliphatic rings. The number of likely N-dealkylation sites (tertiary alicyclic amines) is 1. The number of aromatic nitrogens is 2. The van der Waals surface area contributed by atoms with E-state index in [1.165, 1.54) is 12.1 Å². The third-order valence-corrected chi connectivity index (χ3v) is 3.76. The van der Waals surface area contributed by atoms with Crippen molar-refractivity contribution in [3.8, 4) is 0 Å². The quantitative estimate of drug-likeness (QED) is 0.815. The first kappa shape index (κ1) is 12.8. The number of hydrogen-bond donors (Lipinski definition) is 1. The molecule has 1 aliphatic heterocycles. The first-order valence-electron chi connectivity index (χ1n) is 6.35. The van der Waals surface area contributed by atoms with Crippen molar-refractivity contribution >= 4 is 5.91 Å². The number of piperidine rings is 1. The summed E-state index contributed by atoms with van der Waals surface area (Å²) in [5.41, 5.74) is 0.0164. The Morgan fingerprint density at radius 1 is 1.39 bits per heavy atom. The Labute approximate surface area is 106 Å². The lowest BCUT2D eigenvalue weighted by molar-refractivity contribution is 0.0448. The van der Waals surface area contributed by atoms with E-state index < -0.39 is 0 Å². The second-order valence-electron chi connectivity index (χ2n) is 5.32. The average molecular weight is 249 g/mol. The van der Waals surface area contributed by atoms with Crippen molar-refractivity contribution in [1.29, 1.82) is 0 Å².